The van der Waals surface area contributed by atoms with Crippen molar-refractivity contribution in [2.75, 3.05) is 7.05 Å². The van der Waals surface area contributed by atoms with E-state index in [1.54, 1.807) is 20.0 Å². The normalized spacial score (nSPS) is 12.7. The Hall–Kier alpha value is -1.75. The maximum Gasteiger partial charge on any atom is 0.161 e. The van der Waals surface area contributed by atoms with Crippen molar-refractivity contribution in [1.29, 1.82) is 0 Å². The van der Waals surface area contributed by atoms with Crippen molar-refractivity contribution in [2.45, 2.75) is 13.0 Å². The van der Waals surface area contributed by atoms with E-state index < -0.39 is 23.5 Å². The van der Waals surface area contributed by atoms with Gasteiger partial charge in [-0.1, -0.05) is 0 Å². The van der Waals surface area contributed by atoms with Gasteiger partial charge in [-0.05, 0) is 31.7 Å². The third kappa shape index (κ3) is 2.13. The van der Waals surface area contributed by atoms with Crippen LogP contribution in [0.3, 0.4) is 0 Å². The van der Waals surface area contributed by atoms with Crippen molar-refractivity contribution in [2.24, 2.45) is 0 Å². The van der Waals surface area contributed by atoms with Crippen LogP contribution in [-0.4, -0.2) is 7.05 Å². The Labute approximate surface area is 102 Å². The molecule has 0 aliphatic heterocycles. The number of rotatable bonds is 3. The Morgan fingerprint density at radius 3 is 2.33 bits per heavy atom. The summed E-state index contributed by atoms with van der Waals surface area (Å²) in [6.07, 6.45) is 1.47. The van der Waals surface area contributed by atoms with Crippen LogP contribution < -0.4 is 5.32 Å². The molecule has 96 valence electrons. The Morgan fingerprint density at radius 2 is 1.78 bits per heavy atom. The number of aryl methyl sites for hydroxylation is 1. The summed E-state index contributed by atoms with van der Waals surface area (Å²) in [4.78, 5) is 0. The summed E-state index contributed by atoms with van der Waals surface area (Å²) in [5.74, 6) is -2.63. The van der Waals surface area contributed by atoms with Gasteiger partial charge in [-0.25, -0.2) is 13.2 Å². The molecule has 1 aromatic carbocycles. The number of halogens is 3. The lowest BCUT2D eigenvalue weighted by Crippen LogP contribution is -2.19. The van der Waals surface area contributed by atoms with Gasteiger partial charge in [-0.15, -0.1) is 0 Å². The van der Waals surface area contributed by atoms with Crippen LogP contribution in [0, 0.1) is 24.4 Å². The van der Waals surface area contributed by atoms with E-state index in [0.717, 1.165) is 11.6 Å². The van der Waals surface area contributed by atoms with Crippen LogP contribution in [-0.2, 0) is 0 Å². The van der Waals surface area contributed by atoms with Gasteiger partial charge >= 0.3 is 0 Å². The molecule has 1 N–H and O–H groups in total. The maximum atomic E-state index is 13.7. The molecule has 0 bridgehead atoms. The molecule has 1 atom stereocenters. The van der Waals surface area contributed by atoms with Gasteiger partial charge < -0.3 is 9.73 Å². The zero-order chi connectivity index (χ0) is 13.3. The Balaban J connectivity index is 2.52. The summed E-state index contributed by atoms with van der Waals surface area (Å²) in [5.41, 5.74) is 0.813. The van der Waals surface area contributed by atoms with Crippen LogP contribution >= 0.6 is 0 Å². The molecule has 0 spiro atoms. The molecule has 1 aromatic heterocycles. The van der Waals surface area contributed by atoms with E-state index in [1.165, 1.54) is 6.26 Å². The van der Waals surface area contributed by atoms with Crippen molar-refractivity contribution < 1.29 is 17.6 Å². The first-order valence-corrected chi connectivity index (χ1v) is 5.40. The highest BCUT2D eigenvalue weighted by molar-refractivity contribution is 5.32. The smallest absolute Gasteiger partial charge is 0.161 e. The van der Waals surface area contributed by atoms with Crippen molar-refractivity contribution in [3.63, 3.8) is 0 Å². The summed E-state index contributed by atoms with van der Waals surface area (Å²) in [6.45, 7) is 1.79. The topological polar surface area (TPSA) is 25.2 Å². The molecule has 0 saturated heterocycles. The first-order chi connectivity index (χ1) is 8.54. The fraction of sp³-hybridized carbons (Fsp3) is 0.231. The van der Waals surface area contributed by atoms with Gasteiger partial charge in [-0.2, -0.15) is 0 Å². The maximum absolute atomic E-state index is 13.7. The Kier molecular flexibility index (Phi) is 3.43. The van der Waals surface area contributed by atoms with E-state index in [2.05, 4.69) is 5.32 Å². The van der Waals surface area contributed by atoms with E-state index in [1.807, 2.05) is 0 Å². The zero-order valence-electron chi connectivity index (χ0n) is 9.93. The number of nitrogens with one attached hydrogen (secondary N) is 1. The van der Waals surface area contributed by atoms with Gasteiger partial charge in [0.15, 0.2) is 11.6 Å². The molecule has 1 unspecified atom stereocenters. The molecule has 2 nitrogen and oxygen atoms in total. The predicted octanol–water partition coefficient (Wildman–Crippen LogP) is 3.31. The zero-order valence-corrected chi connectivity index (χ0v) is 9.93. The SMILES string of the molecule is CNC(c1cc(F)c(F)cc1F)c1occc1C. The van der Waals surface area contributed by atoms with Gasteiger partial charge in [-0.3, -0.25) is 0 Å². The fourth-order valence-corrected chi connectivity index (χ4v) is 1.87. The number of hydrogen-bond acceptors (Lipinski definition) is 2. The van der Waals surface area contributed by atoms with Crippen LogP contribution in [0.15, 0.2) is 28.9 Å². The Morgan fingerprint density at radius 1 is 1.11 bits per heavy atom. The van der Waals surface area contributed by atoms with Crippen molar-refractivity contribution in [3.8, 4) is 0 Å². The van der Waals surface area contributed by atoms with Crippen molar-refractivity contribution in [3.05, 3.63) is 58.8 Å². The second kappa shape index (κ2) is 4.86. The highest BCUT2D eigenvalue weighted by atomic mass is 19.2. The molecule has 5 heteroatoms. The summed E-state index contributed by atoms with van der Waals surface area (Å²) in [5, 5.41) is 2.83. The standard InChI is InChI=1S/C13H12F3NO/c1-7-3-4-18-13(7)12(17-2)8-5-10(15)11(16)6-9(8)14/h3-6,12,17H,1-2H3. The third-order valence-corrected chi connectivity index (χ3v) is 2.80. The minimum absolute atomic E-state index is 0.00875. The summed E-state index contributed by atoms with van der Waals surface area (Å²) in [6, 6.07) is 2.44. The minimum atomic E-state index is -1.21. The van der Waals surface area contributed by atoms with E-state index in [4.69, 9.17) is 4.42 Å². The largest absolute Gasteiger partial charge is 0.467 e. The quantitative estimate of drug-likeness (QED) is 0.851. The van der Waals surface area contributed by atoms with Gasteiger partial charge in [0.25, 0.3) is 0 Å². The lowest BCUT2D eigenvalue weighted by atomic mass is 10.0. The highest BCUT2D eigenvalue weighted by Crippen LogP contribution is 2.28. The average molecular weight is 255 g/mol. The molecular formula is C13H12F3NO. The molecule has 0 saturated carbocycles. The van der Waals surface area contributed by atoms with Crippen molar-refractivity contribution >= 4 is 0 Å². The van der Waals surface area contributed by atoms with Gasteiger partial charge in [0.2, 0.25) is 0 Å². The molecule has 0 fully saturated rings. The Bertz CT molecular complexity index is 565. The average Bonchev–Trinajstić information content (AvgIpc) is 2.73. The fourth-order valence-electron chi connectivity index (χ4n) is 1.87. The lowest BCUT2D eigenvalue weighted by molar-refractivity contribution is 0.440. The first-order valence-electron chi connectivity index (χ1n) is 5.40. The summed E-state index contributed by atoms with van der Waals surface area (Å²) in [7, 11) is 1.59. The molecule has 2 rings (SSSR count). The van der Waals surface area contributed by atoms with E-state index in [0.29, 0.717) is 11.8 Å². The molecule has 18 heavy (non-hydrogen) atoms. The molecule has 2 aromatic rings. The van der Waals surface area contributed by atoms with Crippen LogP contribution in [0.2, 0.25) is 0 Å². The van der Waals surface area contributed by atoms with Crippen molar-refractivity contribution in [1.82, 2.24) is 5.32 Å². The molecule has 1 heterocycles. The monoisotopic (exact) mass is 255 g/mol. The first kappa shape index (κ1) is 12.7. The van der Waals surface area contributed by atoms with Crippen LogP contribution in [0.5, 0.6) is 0 Å². The van der Waals surface area contributed by atoms with E-state index >= 15 is 0 Å². The second-order valence-corrected chi connectivity index (χ2v) is 3.98. The van der Waals surface area contributed by atoms with E-state index in [9.17, 15) is 13.2 Å². The van der Waals surface area contributed by atoms with E-state index in [-0.39, 0.29) is 5.56 Å². The molecule has 0 amide bonds. The molecular weight excluding hydrogens is 243 g/mol. The highest BCUT2D eigenvalue weighted by Gasteiger charge is 2.22. The third-order valence-electron chi connectivity index (χ3n) is 2.80. The summed E-state index contributed by atoms with van der Waals surface area (Å²) < 4.78 is 45.0. The van der Waals surface area contributed by atoms with Crippen LogP contribution in [0.1, 0.15) is 22.9 Å². The predicted molar refractivity (Wildman–Crippen MR) is 60.7 cm³/mol. The molecule has 0 aliphatic carbocycles. The number of furan rings is 1. The van der Waals surface area contributed by atoms with Gasteiger partial charge in [0.05, 0.1) is 12.3 Å². The van der Waals surface area contributed by atoms with Gasteiger partial charge in [0.1, 0.15) is 11.6 Å². The van der Waals surface area contributed by atoms with Gasteiger partial charge in [0, 0.05) is 11.6 Å². The number of hydrogen-bond donors (Lipinski definition) is 1. The molecule has 0 aliphatic rings. The minimum Gasteiger partial charge on any atom is -0.467 e. The van der Waals surface area contributed by atoms with Crippen LogP contribution in [0.4, 0.5) is 13.2 Å². The number of benzene rings is 1. The lowest BCUT2D eigenvalue weighted by Gasteiger charge is -2.16. The van der Waals surface area contributed by atoms with Crippen LogP contribution in [0.25, 0.3) is 0 Å². The molecule has 0 radical (unpaired) electrons. The summed E-state index contributed by atoms with van der Waals surface area (Å²) >= 11 is 0. The second-order valence-electron chi connectivity index (χ2n) is 3.98.